The molecule has 0 spiro atoms. The minimum Gasteiger partial charge on any atom is -0.353 e. The lowest BCUT2D eigenvalue weighted by molar-refractivity contribution is -0.212. The van der Waals surface area contributed by atoms with Gasteiger partial charge >= 0.3 is 0 Å². The second-order valence-electron chi connectivity index (χ2n) is 11.5. The van der Waals surface area contributed by atoms with Crippen LogP contribution in [-0.2, 0) is 9.47 Å². The Labute approximate surface area is 167 Å². The molecule has 0 radical (unpaired) electrons. The summed E-state index contributed by atoms with van der Waals surface area (Å²) >= 11 is 0. The van der Waals surface area contributed by atoms with Gasteiger partial charge in [0.15, 0.2) is 6.29 Å². The van der Waals surface area contributed by atoms with Crippen LogP contribution < -0.4 is 0 Å². The van der Waals surface area contributed by atoms with Gasteiger partial charge < -0.3 is 9.47 Å². The maximum absolute atomic E-state index is 6.44. The Morgan fingerprint density at radius 3 is 2.44 bits per heavy atom. The highest BCUT2D eigenvalue weighted by atomic mass is 16.7. The smallest absolute Gasteiger partial charge is 0.157 e. The summed E-state index contributed by atoms with van der Waals surface area (Å²) in [6.45, 7) is 8.78. The lowest BCUT2D eigenvalue weighted by Gasteiger charge is -2.61. The molecular weight excluding hydrogens is 332 g/mol. The number of hydrogen-bond acceptors (Lipinski definition) is 2. The van der Waals surface area contributed by atoms with E-state index in [2.05, 4.69) is 20.8 Å². The third-order valence-corrected chi connectivity index (χ3v) is 10.6. The molecule has 0 aromatic carbocycles. The maximum Gasteiger partial charge on any atom is 0.157 e. The first kappa shape index (κ1) is 18.9. The molecule has 0 aromatic heterocycles. The third kappa shape index (κ3) is 3.03. The van der Waals surface area contributed by atoms with Crippen LogP contribution in [-0.4, -0.2) is 19.0 Å². The van der Waals surface area contributed by atoms with Crippen molar-refractivity contribution < 1.29 is 9.47 Å². The largest absolute Gasteiger partial charge is 0.353 e. The summed E-state index contributed by atoms with van der Waals surface area (Å²) in [5.74, 6) is 4.88. The fraction of sp³-hybridized carbons (Fsp3) is 1.00. The van der Waals surface area contributed by atoms with Crippen LogP contribution in [0.3, 0.4) is 0 Å². The van der Waals surface area contributed by atoms with Crippen LogP contribution in [0.15, 0.2) is 0 Å². The summed E-state index contributed by atoms with van der Waals surface area (Å²) in [4.78, 5) is 0. The summed E-state index contributed by atoms with van der Waals surface area (Å²) in [5, 5.41) is 0. The van der Waals surface area contributed by atoms with Crippen LogP contribution in [0.2, 0.25) is 0 Å². The molecule has 4 aliphatic carbocycles. The van der Waals surface area contributed by atoms with E-state index >= 15 is 0 Å². The predicted octanol–water partition coefficient (Wildman–Crippen LogP) is 6.58. The Balaban J connectivity index is 1.27. The molecule has 9 atom stereocenters. The Bertz CT molecular complexity index is 540. The van der Waals surface area contributed by atoms with E-state index in [9.17, 15) is 0 Å². The van der Waals surface area contributed by atoms with Crippen LogP contribution >= 0.6 is 0 Å². The van der Waals surface area contributed by atoms with Gasteiger partial charge in [-0.2, -0.15) is 0 Å². The van der Waals surface area contributed by atoms with Crippen molar-refractivity contribution >= 4 is 0 Å². The Morgan fingerprint density at radius 2 is 1.63 bits per heavy atom. The van der Waals surface area contributed by atoms with Crippen molar-refractivity contribution in [2.45, 2.75) is 110 Å². The molecule has 0 aromatic rings. The van der Waals surface area contributed by atoms with E-state index < -0.39 is 0 Å². The fourth-order valence-corrected chi connectivity index (χ4v) is 8.64. The summed E-state index contributed by atoms with van der Waals surface area (Å²) in [5.41, 5.74) is 1.24. The Morgan fingerprint density at radius 1 is 0.815 bits per heavy atom. The van der Waals surface area contributed by atoms with Crippen molar-refractivity contribution in [2.24, 2.45) is 40.4 Å². The molecule has 0 bridgehead atoms. The summed E-state index contributed by atoms with van der Waals surface area (Å²) in [6.07, 6.45) is 17.1. The zero-order valence-corrected chi connectivity index (χ0v) is 18.1. The standard InChI is InChI=1S/C25H42O2/c1-17-7-10-21-20-9-8-18-16-19(27-23-6-4-5-15-26-23)11-13-25(18,3)22(20)12-14-24(17,21)2/h17-23H,4-16H2,1-3H3/t17?,18-,19?,20?,21?,22?,23?,24+,25-/m0/s1. The molecule has 1 saturated heterocycles. The third-order valence-electron chi connectivity index (χ3n) is 10.6. The molecule has 5 rings (SSSR count). The molecule has 2 nitrogen and oxygen atoms in total. The minimum absolute atomic E-state index is 0.0970. The van der Waals surface area contributed by atoms with Gasteiger partial charge in [-0.3, -0.25) is 0 Å². The van der Waals surface area contributed by atoms with Crippen LogP contribution in [0.25, 0.3) is 0 Å². The number of ether oxygens (including phenoxy) is 2. The first-order valence-electron chi connectivity index (χ1n) is 12.3. The molecule has 1 heterocycles. The monoisotopic (exact) mass is 374 g/mol. The minimum atomic E-state index is 0.0970. The van der Waals surface area contributed by atoms with Crippen molar-refractivity contribution in [3.63, 3.8) is 0 Å². The molecule has 0 amide bonds. The normalized spacial score (nSPS) is 55.4. The molecule has 1 aliphatic heterocycles. The van der Waals surface area contributed by atoms with E-state index in [0.717, 1.165) is 42.6 Å². The van der Waals surface area contributed by atoms with Crippen molar-refractivity contribution in [2.75, 3.05) is 6.61 Å². The van der Waals surface area contributed by atoms with Gasteiger partial charge in [-0.1, -0.05) is 20.8 Å². The summed E-state index contributed by atoms with van der Waals surface area (Å²) < 4.78 is 12.3. The summed E-state index contributed by atoms with van der Waals surface area (Å²) in [7, 11) is 0. The highest BCUT2D eigenvalue weighted by Crippen LogP contribution is 2.67. The molecule has 2 heteroatoms. The van der Waals surface area contributed by atoms with Crippen molar-refractivity contribution in [1.29, 1.82) is 0 Å². The molecule has 5 fully saturated rings. The highest BCUT2D eigenvalue weighted by molar-refractivity contribution is 5.08. The second-order valence-corrected chi connectivity index (χ2v) is 11.5. The van der Waals surface area contributed by atoms with Crippen LogP contribution in [0.4, 0.5) is 0 Å². The van der Waals surface area contributed by atoms with Crippen molar-refractivity contribution in [3.05, 3.63) is 0 Å². The molecule has 154 valence electrons. The van der Waals surface area contributed by atoms with Crippen LogP contribution in [0.1, 0.15) is 97.8 Å². The topological polar surface area (TPSA) is 18.5 Å². The van der Waals surface area contributed by atoms with E-state index in [4.69, 9.17) is 9.47 Å². The summed E-state index contributed by atoms with van der Waals surface area (Å²) in [6, 6.07) is 0. The van der Waals surface area contributed by atoms with E-state index in [1.54, 1.807) is 0 Å². The van der Waals surface area contributed by atoms with Gasteiger partial charge in [0, 0.05) is 6.61 Å². The lowest BCUT2D eigenvalue weighted by Crippen LogP contribution is -2.54. The molecular formula is C25H42O2. The van der Waals surface area contributed by atoms with Gasteiger partial charge in [-0.05, 0) is 117 Å². The van der Waals surface area contributed by atoms with Gasteiger partial charge in [0.1, 0.15) is 0 Å². The maximum atomic E-state index is 6.44. The average molecular weight is 375 g/mol. The van der Waals surface area contributed by atoms with E-state index in [-0.39, 0.29) is 6.29 Å². The van der Waals surface area contributed by atoms with Gasteiger partial charge in [0.05, 0.1) is 6.10 Å². The fourth-order valence-electron chi connectivity index (χ4n) is 8.64. The van der Waals surface area contributed by atoms with Gasteiger partial charge in [-0.25, -0.2) is 0 Å². The first-order chi connectivity index (χ1) is 13.0. The number of hydrogen-bond donors (Lipinski definition) is 0. The number of fused-ring (bicyclic) bond motifs is 5. The first-order valence-corrected chi connectivity index (χ1v) is 12.3. The average Bonchev–Trinajstić information content (AvgIpc) is 2.98. The van der Waals surface area contributed by atoms with Gasteiger partial charge in [0.25, 0.3) is 0 Å². The quantitative estimate of drug-likeness (QED) is 0.508. The molecule has 0 N–H and O–H groups in total. The van der Waals surface area contributed by atoms with E-state index in [0.29, 0.717) is 16.9 Å². The Kier molecular flexibility index (Phi) is 4.91. The van der Waals surface area contributed by atoms with Crippen molar-refractivity contribution in [3.8, 4) is 0 Å². The molecule has 4 saturated carbocycles. The van der Waals surface area contributed by atoms with Crippen LogP contribution in [0.5, 0.6) is 0 Å². The second kappa shape index (κ2) is 7.01. The van der Waals surface area contributed by atoms with E-state index in [1.165, 1.54) is 70.6 Å². The van der Waals surface area contributed by atoms with Gasteiger partial charge in [-0.15, -0.1) is 0 Å². The Hall–Kier alpha value is -0.0800. The molecule has 5 aliphatic rings. The molecule has 6 unspecified atom stereocenters. The predicted molar refractivity (Wildman–Crippen MR) is 109 cm³/mol. The zero-order valence-electron chi connectivity index (χ0n) is 18.1. The molecule has 27 heavy (non-hydrogen) atoms. The van der Waals surface area contributed by atoms with Crippen molar-refractivity contribution in [1.82, 2.24) is 0 Å². The van der Waals surface area contributed by atoms with Gasteiger partial charge in [0.2, 0.25) is 0 Å². The van der Waals surface area contributed by atoms with Crippen LogP contribution in [0, 0.1) is 40.4 Å². The van der Waals surface area contributed by atoms with E-state index in [1.807, 2.05) is 0 Å². The number of rotatable bonds is 2. The SMILES string of the molecule is CC1CCC2C3CC[C@H]4CC(OC5CCCCO5)CC[C@]4(C)C3CC[C@]12C. The zero-order chi connectivity index (χ0) is 18.6. The highest BCUT2D eigenvalue weighted by Gasteiger charge is 2.59. The lowest BCUT2D eigenvalue weighted by atomic mass is 9.45.